The predicted molar refractivity (Wildman–Crippen MR) is 88.3 cm³/mol. The summed E-state index contributed by atoms with van der Waals surface area (Å²) in [5, 5.41) is 6.24. The van der Waals surface area contributed by atoms with E-state index in [9.17, 15) is 4.79 Å². The second-order valence-corrected chi connectivity index (χ2v) is 5.70. The van der Waals surface area contributed by atoms with Crippen LogP contribution in [0.3, 0.4) is 0 Å². The van der Waals surface area contributed by atoms with Crippen LogP contribution in [0.1, 0.15) is 11.6 Å². The zero-order valence-electron chi connectivity index (χ0n) is 12.6. The van der Waals surface area contributed by atoms with Crippen molar-refractivity contribution in [1.29, 1.82) is 0 Å². The van der Waals surface area contributed by atoms with Crippen LogP contribution in [0.5, 0.6) is 0 Å². The van der Waals surface area contributed by atoms with Crippen LogP contribution in [0.15, 0.2) is 48.8 Å². The van der Waals surface area contributed by atoms with Crippen LogP contribution < -0.4 is 15.5 Å². The molecular formula is C16H20ClN4O+. The second-order valence-electron chi connectivity index (χ2n) is 5.26. The number of halogens is 1. The molecule has 0 aliphatic heterocycles. The average molecular weight is 320 g/mol. The molecule has 0 aliphatic carbocycles. The third-order valence-electron chi connectivity index (χ3n) is 3.33. The standard InChI is InChI=1S/C16H19ClN4O/c1-21(2)15(12-5-4-8-18-10-12)11-19-16(22)20-14-7-3-6-13(17)9-14/h3-10,15H,11H2,1-2H3,(H2,19,20,22)/p+1. The van der Waals surface area contributed by atoms with Gasteiger partial charge in [0.25, 0.3) is 0 Å². The first-order chi connectivity index (χ1) is 10.6. The summed E-state index contributed by atoms with van der Waals surface area (Å²) in [7, 11) is 4.10. The molecule has 0 aliphatic rings. The van der Waals surface area contributed by atoms with Gasteiger partial charge in [0.05, 0.1) is 20.6 Å². The zero-order chi connectivity index (χ0) is 15.9. The molecule has 116 valence electrons. The second kappa shape index (κ2) is 7.77. The molecule has 2 rings (SSSR count). The van der Waals surface area contributed by atoms with Crippen LogP contribution >= 0.6 is 11.6 Å². The number of hydrogen-bond acceptors (Lipinski definition) is 2. The van der Waals surface area contributed by atoms with Crippen LogP contribution in [-0.2, 0) is 0 Å². The van der Waals surface area contributed by atoms with Gasteiger partial charge < -0.3 is 15.5 Å². The quantitative estimate of drug-likeness (QED) is 0.786. The van der Waals surface area contributed by atoms with Gasteiger partial charge in [0.1, 0.15) is 6.04 Å². The van der Waals surface area contributed by atoms with E-state index < -0.39 is 0 Å². The minimum absolute atomic E-state index is 0.138. The Labute approximate surface area is 135 Å². The van der Waals surface area contributed by atoms with Crippen molar-refractivity contribution in [1.82, 2.24) is 10.3 Å². The van der Waals surface area contributed by atoms with E-state index in [2.05, 4.69) is 15.6 Å². The summed E-state index contributed by atoms with van der Waals surface area (Å²) in [4.78, 5) is 17.3. The van der Waals surface area contributed by atoms with Crippen molar-refractivity contribution in [3.63, 3.8) is 0 Å². The molecule has 0 bridgehead atoms. The maximum atomic E-state index is 12.0. The lowest BCUT2D eigenvalue weighted by Crippen LogP contribution is -3.07. The summed E-state index contributed by atoms with van der Waals surface area (Å²) in [6, 6.07) is 10.9. The number of nitrogens with zero attached hydrogens (tertiary/aromatic N) is 1. The topological polar surface area (TPSA) is 58.5 Å². The average Bonchev–Trinajstić information content (AvgIpc) is 2.48. The highest BCUT2D eigenvalue weighted by Crippen LogP contribution is 2.14. The summed E-state index contributed by atoms with van der Waals surface area (Å²) in [6.07, 6.45) is 3.57. The first-order valence-electron chi connectivity index (χ1n) is 7.06. The fraction of sp³-hybridized carbons (Fsp3) is 0.250. The monoisotopic (exact) mass is 319 g/mol. The molecule has 1 atom stereocenters. The zero-order valence-corrected chi connectivity index (χ0v) is 13.4. The number of anilines is 1. The molecule has 1 aromatic carbocycles. The van der Waals surface area contributed by atoms with Gasteiger partial charge in [-0.3, -0.25) is 4.98 Å². The summed E-state index contributed by atoms with van der Waals surface area (Å²) < 4.78 is 0. The van der Waals surface area contributed by atoms with Crippen LogP contribution in [0.2, 0.25) is 5.02 Å². The van der Waals surface area contributed by atoms with Crippen LogP contribution in [0, 0.1) is 0 Å². The Hall–Kier alpha value is -2.11. The molecule has 2 aromatic rings. The molecule has 6 heteroatoms. The Kier molecular flexibility index (Phi) is 5.75. The fourth-order valence-corrected chi connectivity index (χ4v) is 2.36. The van der Waals surface area contributed by atoms with Crippen molar-refractivity contribution in [3.05, 3.63) is 59.4 Å². The van der Waals surface area contributed by atoms with E-state index in [1.165, 1.54) is 4.90 Å². The van der Waals surface area contributed by atoms with Crippen LogP contribution in [0.25, 0.3) is 0 Å². The summed E-state index contributed by atoms with van der Waals surface area (Å²) >= 11 is 5.90. The highest BCUT2D eigenvalue weighted by Gasteiger charge is 2.18. The fourth-order valence-electron chi connectivity index (χ4n) is 2.17. The molecule has 3 N–H and O–H groups in total. The summed E-state index contributed by atoms with van der Waals surface area (Å²) in [5.74, 6) is 0. The molecule has 0 saturated heterocycles. The van der Waals surface area contributed by atoms with E-state index >= 15 is 0 Å². The van der Waals surface area contributed by atoms with E-state index in [-0.39, 0.29) is 12.1 Å². The summed E-state index contributed by atoms with van der Waals surface area (Å²) in [6.45, 7) is 0.514. The molecule has 1 aromatic heterocycles. The van der Waals surface area contributed by atoms with E-state index in [0.717, 1.165) is 5.56 Å². The number of amides is 2. The number of rotatable bonds is 5. The van der Waals surface area contributed by atoms with Crippen molar-refractivity contribution >= 4 is 23.3 Å². The Morgan fingerprint density at radius 3 is 2.77 bits per heavy atom. The lowest BCUT2D eigenvalue weighted by Gasteiger charge is -2.22. The molecule has 1 unspecified atom stereocenters. The highest BCUT2D eigenvalue weighted by atomic mass is 35.5. The molecule has 0 fully saturated rings. The molecule has 1 heterocycles. The first kappa shape index (κ1) is 16.3. The van der Waals surface area contributed by atoms with Crippen molar-refractivity contribution in [2.24, 2.45) is 0 Å². The SMILES string of the molecule is C[NH+](C)C(CNC(=O)Nc1cccc(Cl)c1)c1cccnc1. The first-order valence-corrected chi connectivity index (χ1v) is 7.44. The van der Waals surface area contributed by atoms with Gasteiger partial charge in [0, 0.05) is 28.7 Å². The number of aromatic nitrogens is 1. The molecule has 22 heavy (non-hydrogen) atoms. The van der Waals surface area contributed by atoms with Crippen LogP contribution in [0.4, 0.5) is 10.5 Å². The number of quaternary nitrogens is 1. The Morgan fingerprint density at radius 2 is 2.14 bits per heavy atom. The normalized spacial score (nSPS) is 12.0. The van der Waals surface area contributed by atoms with Gasteiger partial charge in [-0.1, -0.05) is 17.7 Å². The van der Waals surface area contributed by atoms with Crippen molar-refractivity contribution < 1.29 is 9.69 Å². The van der Waals surface area contributed by atoms with Gasteiger partial charge in [0.15, 0.2) is 0 Å². The largest absolute Gasteiger partial charge is 0.332 e. The Balaban J connectivity index is 1.94. The Bertz CT molecular complexity index is 619. The van der Waals surface area contributed by atoms with Gasteiger partial charge in [-0.05, 0) is 30.3 Å². The minimum Gasteiger partial charge on any atom is -0.332 e. The molecular weight excluding hydrogens is 300 g/mol. The number of carbonyl (C=O) groups excluding carboxylic acids is 1. The van der Waals surface area contributed by atoms with Crippen molar-refractivity contribution in [2.45, 2.75) is 6.04 Å². The lowest BCUT2D eigenvalue weighted by molar-refractivity contribution is -0.890. The molecule has 5 nitrogen and oxygen atoms in total. The van der Waals surface area contributed by atoms with Gasteiger partial charge in [0.2, 0.25) is 0 Å². The maximum Gasteiger partial charge on any atom is 0.319 e. The van der Waals surface area contributed by atoms with E-state index in [1.54, 1.807) is 30.5 Å². The smallest absolute Gasteiger partial charge is 0.319 e. The van der Waals surface area contributed by atoms with Gasteiger partial charge in [-0.25, -0.2) is 4.79 Å². The molecule has 0 spiro atoms. The lowest BCUT2D eigenvalue weighted by atomic mass is 10.1. The van der Waals surface area contributed by atoms with Gasteiger partial charge >= 0.3 is 6.03 Å². The van der Waals surface area contributed by atoms with Crippen molar-refractivity contribution in [2.75, 3.05) is 26.0 Å². The van der Waals surface area contributed by atoms with E-state index in [4.69, 9.17) is 11.6 Å². The number of likely N-dealkylation sites (N-methyl/N-ethyl adjacent to an activating group) is 1. The van der Waals surface area contributed by atoms with Crippen molar-refractivity contribution in [3.8, 4) is 0 Å². The third kappa shape index (κ3) is 4.72. The van der Waals surface area contributed by atoms with Gasteiger partial charge in [-0.15, -0.1) is 0 Å². The molecule has 0 saturated carbocycles. The number of urea groups is 1. The number of nitrogens with one attached hydrogen (secondary N) is 3. The minimum atomic E-state index is -0.252. The number of pyridine rings is 1. The van der Waals surface area contributed by atoms with Crippen LogP contribution in [-0.4, -0.2) is 31.7 Å². The van der Waals surface area contributed by atoms with Gasteiger partial charge in [-0.2, -0.15) is 0 Å². The highest BCUT2D eigenvalue weighted by molar-refractivity contribution is 6.30. The Morgan fingerprint density at radius 1 is 1.32 bits per heavy atom. The van der Waals surface area contributed by atoms with E-state index in [0.29, 0.717) is 17.3 Å². The molecule has 0 radical (unpaired) electrons. The third-order valence-corrected chi connectivity index (χ3v) is 3.57. The van der Waals surface area contributed by atoms with E-state index in [1.807, 2.05) is 32.4 Å². The number of hydrogen-bond donors (Lipinski definition) is 3. The predicted octanol–water partition coefficient (Wildman–Crippen LogP) is 1.74. The molecule has 2 amide bonds. The maximum absolute atomic E-state index is 12.0. The summed E-state index contributed by atoms with van der Waals surface area (Å²) in [5.41, 5.74) is 1.76. The number of benzene rings is 1. The number of carbonyl (C=O) groups is 1.